The monoisotopic (exact) mass is 285 g/mol. The SMILES string of the molecule is O=C1CC(NCCn2ccnn2)C(=O)N1c1ccccc1. The minimum atomic E-state index is -0.471. The average molecular weight is 285 g/mol. The summed E-state index contributed by atoms with van der Waals surface area (Å²) in [5.41, 5.74) is 0.619. The summed E-state index contributed by atoms with van der Waals surface area (Å²) < 4.78 is 1.67. The fraction of sp³-hybridized carbons (Fsp3) is 0.286. The Kier molecular flexibility index (Phi) is 3.74. The van der Waals surface area contributed by atoms with Crippen molar-refractivity contribution in [2.24, 2.45) is 0 Å². The molecule has 0 aliphatic carbocycles. The number of carbonyl (C=O) groups is 2. The van der Waals surface area contributed by atoms with Crippen molar-refractivity contribution < 1.29 is 9.59 Å². The molecule has 1 aromatic heterocycles. The number of benzene rings is 1. The fourth-order valence-electron chi connectivity index (χ4n) is 2.35. The molecule has 0 bridgehead atoms. The number of carbonyl (C=O) groups excluding carboxylic acids is 2. The van der Waals surface area contributed by atoms with Crippen LogP contribution in [0.1, 0.15) is 6.42 Å². The Morgan fingerprint density at radius 2 is 2.05 bits per heavy atom. The van der Waals surface area contributed by atoms with Crippen LogP contribution in [-0.4, -0.2) is 39.4 Å². The molecule has 1 aliphatic rings. The van der Waals surface area contributed by atoms with E-state index in [-0.39, 0.29) is 18.2 Å². The van der Waals surface area contributed by atoms with Gasteiger partial charge in [0.05, 0.1) is 30.9 Å². The molecular weight excluding hydrogens is 270 g/mol. The van der Waals surface area contributed by atoms with Crippen LogP contribution in [0, 0.1) is 0 Å². The van der Waals surface area contributed by atoms with Gasteiger partial charge in [-0.3, -0.25) is 14.3 Å². The first-order valence-electron chi connectivity index (χ1n) is 6.75. The molecule has 108 valence electrons. The van der Waals surface area contributed by atoms with E-state index in [0.717, 1.165) is 0 Å². The summed E-state index contributed by atoms with van der Waals surface area (Å²) in [6.07, 6.45) is 3.53. The molecular formula is C14H15N5O2. The van der Waals surface area contributed by atoms with E-state index in [1.54, 1.807) is 41.3 Å². The van der Waals surface area contributed by atoms with Gasteiger partial charge < -0.3 is 5.32 Å². The van der Waals surface area contributed by atoms with Crippen LogP contribution >= 0.6 is 0 Å². The van der Waals surface area contributed by atoms with Crippen molar-refractivity contribution in [1.29, 1.82) is 0 Å². The van der Waals surface area contributed by atoms with Gasteiger partial charge in [-0.05, 0) is 12.1 Å². The maximum Gasteiger partial charge on any atom is 0.251 e. The Morgan fingerprint density at radius 3 is 2.76 bits per heavy atom. The van der Waals surface area contributed by atoms with Crippen molar-refractivity contribution in [3.05, 3.63) is 42.7 Å². The highest BCUT2D eigenvalue weighted by molar-refractivity contribution is 6.22. The van der Waals surface area contributed by atoms with Crippen molar-refractivity contribution in [3.63, 3.8) is 0 Å². The quantitative estimate of drug-likeness (QED) is 0.794. The van der Waals surface area contributed by atoms with Gasteiger partial charge in [0, 0.05) is 12.7 Å². The number of rotatable bonds is 5. The summed E-state index contributed by atoms with van der Waals surface area (Å²) >= 11 is 0. The summed E-state index contributed by atoms with van der Waals surface area (Å²) in [7, 11) is 0. The van der Waals surface area contributed by atoms with Gasteiger partial charge in [0.15, 0.2) is 0 Å². The minimum Gasteiger partial charge on any atom is -0.304 e. The van der Waals surface area contributed by atoms with Crippen LogP contribution in [0.3, 0.4) is 0 Å². The van der Waals surface area contributed by atoms with E-state index in [1.165, 1.54) is 4.90 Å². The van der Waals surface area contributed by atoms with Gasteiger partial charge in [0.1, 0.15) is 0 Å². The zero-order valence-corrected chi connectivity index (χ0v) is 11.3. The normalized spacial score (nSPS) is 18.5. The Hall–Kier alpha value is -2.54. The average Bonchev–Trinajstić information content (AvgIpc) is 3.09. The highest BCUT2D eigenvalue weighted by atomic mass is 16.2. The first-order chi connectivity index (χ1) is 10.3. The van der Waals surface area contributed by atoms with E-state index in [1.807, 2.05) is 6.07 Å². The topological polar surface area (TPSA) is 80.1 Å². The molecule has 0 spiro atoms. The molecule has 3 rings (SSSR count). The van der Waals surface area contributed by atoms with Crippen LogP contribution in [0.25, 0.3) is 0 Å². The second kappa shape index (κ2) is 5.84. The summed E-state index contributed by atoms with van der Waals surface area (Å²) in [5, 5.41) is 10.6. The van der Waals surface area contributed by atoms with Gasteiger partial charge in [-0.1, -0.05) is 23.4 Å². The molecule has 0 saturated carbocycles. The summed E-state index contributed by atoms with van der Waals surface area (Å²) in [4.78, 5) is 25.6. The lowest BCUT2D eigenvalue weighted by atomic mass is 10.2. The lowest BCUT2D eigenvalue weighted by molar-refractivity contribution is -0.121. The zero-order chi connectivity index (χ0) is 14.7. The number of nitrogens with zero attached hydrogens (tertiary/aromatic N) is 4. The largest absolute Gasteiger partial charge is 0.304 e. The van der Waals surface area contributed by atoms with Gasteiger partial charge in [-0.2, -0.15) is 0 Å². The van der Waals surface area contributed by atoms with Crippen molar-refractivity contribution in [3.8, 4) is 0 Å². The molecule has 1 aromatic carbocycles. The highest BCUT2D eigenvalue weighted by Crippen LogP contribution is 2.22. The zero-order valence-electron chi connectivity index (χ0n) is 11.3. The third-order valence-electron chi connectivity index (χ3n) is 3.36. The molecule has 7 nitrogen and oxygen atoms in total. The van der Waals surface area contributed by atoms with Crippen LogP contribution in [-0.2, 0) is 16.1 Å². The number of imide groups is 1. The molecule has 1 unspecified atom stereocenters. The van der Waals surface area contributed by atoms with E-state index in [9.17, 15) is 9.59 Å². The van der Waals surface area contributed by atoms with Crippen LogP contribution in [0.15, 0.2) is 42.7 Å². The number of anilines is 1. The molecule has 7 heteroatoms. The Morgan fingerprint density at radius 1 is 1.24 bits per heavy atom. The highest BCUT2D eigenvalue weighted by Gasteiger charge is 2.38. The van der Waals surface area contributed by atoms with Gasteiger partial charge >= 0.3 is 0 Å². The van der Waals surface area contributed by atoms with E-state index in [2.05, 4.69) is 15.6 Å². The summed E-state index contributed by atoms with van der Waals surface area (Å²) in [5.74, 6) is -0.380. The van der Waals surface area contributed by atoms with Crippen molar-refractivity contribution >= 4 is 17.5 Å². The van der Waals surface area contributed by atoms with E-state index in [0.29, 0.717) is 18.8 Å². The molecule has 1 N–H and O–H groups in total. The van der Waals surface area contributed by atoms with Gasteiger partial charge in [-0.15, -0.1) is 5.10 Å². The smallest absolute Gasteiger partial charge is 0.251 e. The molecule has 2 aromatic rings. The van der Waals surface area contributed by atoms with Crippen molar-refractivity contribution in [1.82, 2.24) is 20.3 Å². The second-order valence-corrected chi connectivity index (χ2v) is 4.78. The number of hydrogen-bond acceptors (Lipinski definition) is 5. The van der Waals surface area contributed by atoms with Crippen LogP contribution in [0.4, 0.5) is 5.69 Å². The number of aromatic nitrogens is 3. The lowest BCUT2D eigenvalue weighted by Crippen LogP contribution is -2.40. The van der Waals surface area contributed by atoms with Gasteiger partial charge in [0.2, 0.25) is 5.91 Å². The number of nitrogens with one attached hydrogen (secondary N) is 1. The maximum atomic E-state index is 12.3. The first kappa shape index (κ1) is 13.4. The van der Waals surface area contributed by atoms with E-state index < -0.39 is 6.04 Å². The van der Waals surface area contributed by atoms with E-state index >= 15 is 0 Å². The van der Waals surface area contributed by atoms with Gasteiger partial charge in [0.25, 0.3) is 5.91 Å². The number of para-hydroxylation sites is 1. The summed E-state index contributed by atoms with van der Waals surface area (Å²) in [6, 6.07) is 8.51. The Balaban J connectivity index is 1.61. The second-order valence-electron chi connectivity index (χ2n) is 4.78. The predicted molar refractivity (Wildman–Crippen MR) is 75.4 cm³/mol. The molecule has 1 fully saturated rings. The van der Waals surface area contributed by atoms with Crippen LogP contribution in [0.2, 0.25) is 0 Å². The van der Waals surface area contributed by atoms with Crippen molar-refractivity contribution in [2.45, 2.75) is 19.0 Å². The molecule has 0 radical (unpaired) electrons. The van der Waals surface area contributed by atoms with Crippen LogP contribution < -0.4 is 10.2 Å². The van der Waals surface area contributed by atoms with Gasteiger partial charge in [-0.25, -0.2) is 4.90 Å². The van der Waals surface area contributed by atoms with Crippen LogP contribution in [0.5, 0.6) is 0 Å². The lowest BCUT2D eigenvalue weighted by Gasteiger charge is -2.15. The molecule has 21 heavy (non-hydrogen) atoms. The first-order valence-corrected chi connectivity index (χ1v) is 6.75. The molecule has 1 aliphatic heterocycles. The van der Waals surface area contributed by atoms with Crippen molar-refractivity contribution in [2.75, 3.05) is 11.4 Å². The predicted octanol–water partition coefficient (Wildman–Crippen LogP) is 0.200. The number of amides is 2. The third kappa shape index (κ3) is 2.82. The van der Waals surface area contributed by atoms with E-state index in [4.69, 9.17) is 0 Å². The third-order valence-corrected chi connectivity index (χ3v) is 3.36. The number of hydrogen-bond donors (Lipinski definition) is 1. The fourth-order valence-corrected chi connectivity index (χ4v) is 2.35. The molecule has 2 amide bonds. The molecule has 1 saturated heterocycles. The molecule has 1 atom stereocenters. The molecule has 2 heterocycles. The minimum absolute atomic E-state index is 0.176. The standard InChI is InChI=1S/C14H15N5O2/c20-13-10-12(15-6-8-18-9-7-16-17-18)14(21)19(13)11-4-2-1-3-5-11/h1-5,7,9,12,15H,6,8,10H2. The Labute approximate surface area is 121 Å². The Bertz CT molecular complexity index is 626. The maximum absolute atomic E-state index is 12.3. The summed E-state index contributed by atoms with van der Waals surface area (Å²) in [6.45, 7) is 1.15.